The van der Waals surface area contributed by atoms with Crippen LogP contribution >= 0.6 is 0 Å². The molecule has 0 radical (unpaired) electrons. The summed E-state index contributed by atoms with van der Waals surface area (Å²) in [5.74, 6) is 1.75. The van der Waals surface area contributed by atoms with Gasteiger partial charge in [-0.1, -0.05) is 0 Å². The molecule has 0 bridgehead atoms. The second-order valence-corrected chi connectivity index (χ2v) is 0.177. The zero-order chi connectivity index (χ0) is 2.71. The summed E-state index contributed by atoms with van der Waals surface area (Å²) in [6.45, 7) is 2.90. The average molecular weight is 67.4 g/mol. The molecule has 0 atom stereocenters. The van der Waals surface area contributed by atoms with Crippen LogP contribution in [0, 0.1) is 5.41 Å². The summed E-state index contributed by atoms with van der Waals surface area (Å²) in [6.07, 6.45) is 0. The summed E-state index contributed by atoms with van der Waals surface area (Å²) in [7, 11) is 0. The zero-order valence-corrected chi connectivity index (χ0v) is 3.83. The van der Waals surface area contributed by atoms with E-state index < -0.39 is 0 Å². The fraction of sp³-hybridized carbons (Fsp3) is 0. The van der Waals surface area contributed by atoms with E-state index in [4.69, 9.17) is 5.41 Å². The molecule has 0 amide bonds. The van der Waals surface area contributed by atoms with Gasteiger partial charge in [-0.15, -0.1) is 0 Å². The zero-order valence-electron chi connectivity index (χ0n) is 4.41. The topological polar surface area (TPSA) is 23.9 Å². The van der Waals surface area contributed by atoms with Crippen LogP contribution in [0.5, 0.6) is 0 Å². The van der Waals surface area contributed by atoms with Gasteiger partial charge in [0.15, 0.2) is 0 Å². The smallest absolute Gasteiger partial charge is 1.00 e. The van der Waals surface area contributed by atoms with Crippen LogP contribution in [0.3, 0.4) is 0 Å². The van der Waals surface area contributed by atoms with Crippen molar-refractivity contribution in [2.75, 3.05) is 0 Å². The Hall–Kier alpha value is 0.216. The van der Waals surface area contributed by atoms with E-state index in [0.717, 1.165) is 0 Å². The minimum atomic E-state index is 0. The molecule has 0 rings (SSSR count). The number of hydrogen-bond acceptors (Lipinski definition) is 1. The normalized spacial score (nSPS) is 2.00. The summed E-state index contributed by atoms with van der Waals surface area (Å²) in [6, 6.07) is 0. The summed E-state index contributed by atoms with van der Waals surface area (Å²) < 4.78 is 0. The minimum Gasteiger partial charge on any atom is -1.00 e. The average Bonchev–Trinajstić information content (AvgIpc) is 0.918. The fourth-order valence-electron chi connectivity index (χ4n) is 0. The van der Waals surface area contributed by atoms with Gasteiger partial charge in [0.1, 0.15) is 0 Å². The third kappa shape index (κ3) is 70.1. The van der Waals surface area contributed by atoms with Crippen LogP contribution in [-0.2, 0) is 0 Å². The molecule has 0 aromatic rings. The maximum atomic E-state index is 5.85. The molecule has 0 heterocycles. The molecule has 0 aliphatic carbocycles. The molecule has 0 fully saturated rings. The van der Waals surface area contributed by atoms with Gasteiger partial charge in [0.05, 0.1) is 0 Å². The number of rotatable bonds is 0. The van der Waals surface area contributed by atoms with Gasteiger partial charge < -0.3 is 2.85 Å². The molecule has 0 aliphatic rings. The monoisotopic (exact) mass is 67.0 g/mol. The third-order valence-corrected chi connectivity index (χ3v) is 0. The minimum absolute atomic E-state index is 0. The molecule has 2 heteroatoms. The van der Waals surface area contributed by atoms with Gasteiger partial charge in [-0.05, 0) is 12.4 Å². The van der Waals surface area contributed by atoms with E-state index in [1.807, 2.05) is 0 Å². The Morgan fingerprint density at radius 1 is 2.00 bits per heavy atom. The Kier molecular flexibility index (Phi) is 23.7. The van der Waals surface area contributed by atoms with Crippen molar-refractivity contribution in [2.24, 2.45) is 0 Å². The molecule has 4 heavy (non-hydrogen) atoms. The van der Waals surface area contributed by atoms with Crippen LogP contribution in [0.15, 0.2) is 6.58 Å². The molecule has 0 aromatic carbocycles. The van der Waals surface area contributed by atoms with Crippen molar-refractivity contribution in [3.05, 3.63) is 6.58 Å². The first-order valence-corrected chi connectivity index (χ1v) is 0.604. The molecule has 0 spiro atoms. The van der Waals surface area contributed by atoms with Gasteiger partial charge >= 0.3 is 23.1 Å². The predicted octanol–water partition coefficient (Wildman–Crippen LogP) is 0.265. The van der Waals surface area contributed by atoms with E-state index >= 15 is 0 Å². The van der Waals surface area contributed by atoms with Crippen LogP contribution in [0.25, 0.3) is 0 Å². The Morgan fingerprint density at radius 2 is 2.00 bits per heavy atom. The molecule has 0 aromatic heterocycles. The van der Waals surface area contributed by atoms with Gasteiger partial charge in [0.2, 0.25) is 0 Å². The second kappa shape index (κ2) is 10.7. The maximum Gasteiger partial charge on any atom is 2.00 e. The Labute approximate surface area is 44.3 Å². The fourth-order valence-corrected chi connectivity index (χ4v) is 0. The molecule has 0 unspecified atom stereocenters. The van der Waals surface area contributed by atoms with Gasteiger partial charge in [-0.2, -0.15) is 0 Å². The Bertz CT molecular complexity index is 32.5. The summed E-state index contributed by atoms with van der Waals surface area (Å²) in [5, 5.41) is 5.85. The largest absolute Gasteiger partial charge is 2.00 e. The molecule has 20 valence electrons. The standard InChI is InChI=1S/C2H3N.Mg.2H/c1-2-3;;;/h3H,1H2;;;/q;+2;2*-1. The summed E-state index contributed by atoms with van der Waals surface area (Å²) in [5.41, 5.74) is 0. The van der Waals surface area contributed by atoms with Gasteiger partial charge in [-0.25, -0.2) is 0 Å². The van der Waals surface area contributed by atoms with Crippen molar-refractivity contribution in [2.45, 2.75) is 0 Å². The van der Waals surface area contributed by atoms with Crippen molar-refractivity contribution in [3.8, 4) is 0 Å². The third-order valence-electron chi connectivity index (χ3n) is 0. The molecule has 1 N–H and O–H groups in total. The maximum absolute atomic E-state index is 5.85. The quantitative estimate of drug-likeness (QED) is 0.310. The van der Waals surface area contributed by atoms with E-state index in [0.29, 0.717) is 0 Å². The van der Waals surface area contributed by atoms with E-state index in [1.54, 1.807) is 5.87 Å². The molecule has 0 aliphatic heterocycles. The predicted molar refractivity (Wildman–Crippen MR) is 21.3 cm³/mol. The Morgan fingerprint density at radius 3 is 2.00 bits per heavy atom. The van der Waals surface area contributed by atoms with Crippen molar-refractivity contribution < 1.29 is 2.85 Å². The number of hydrogen-bond donors (Lipinski definition) is 1. The molecule has 0 saturated heterocycles. The second-order valence-electron chi connectivity index (χ2n) is 0.177. The van der Waals surface area contributed by atoms with E-state index in [1.165, 1.54) is 0 Å². The van der Waals surface area contributed by atoms with Gasteiger partial charge in [0.25, 0.3) is 0 Å². The Balaban J connectivity index is -0.00000000667. The van der Waals surface area contributed by atoms with Gasteiger partial charge in [0, 0.05) is 0 Å². The van der Waals surface area contributed by atoms with Gasteiger partial charge in [-0.3, -0.25) is 5.41 Å². The van der Waals surface area contributed by atoms with Crippen molar-refractivity contribution in [1.82, 2.24) is 0 Å². The van der Waals surface area contributed by atoms with Crippen molar-refractivity contribution in [1.29, 1.82) is 5.41 Å². The van der Waals surface area contributed by atoms with Crippen molar-refractivity contribution in [3.63, 3.8) is 0 Å². The first kappa shape index (κ1) is 8.88. The van der Waals surface area contributed by atoms with Crippen LogP contribution in [0.2, 0.25) is 0 Å². The van der Waals surface area contributed by atoms with E-state index in [2.05, 4.69) is 6.58 Å². The SMILES string of the molecule is C=C=N.[H-].[H-].[Mg+2]. The van der Waals surface area contributed by atoms with E-state index in [-0.39, 0.29) is 25.9 Å². The van der Waals surface area contributed by atoms with E-state index in [9.17, 15) is 0 Å². The van der Waals surface area contributed by atoms with Crippen molar-refractivity contribution >= 4 is 28.9 Å². The van der Waals surface area contributed by atoms with Crippen LogP contribution in [-0.4, -0.2) is 28.9 Å². The summed E-state index contributed by atoms with van der Waals surface area (Å²) >= 11 is 0. The molecular weight excluding hydrogens is 62.3 g/mol. The summed E-state index contributed by atoms with van der Waals surface area (Å²) in [4.78, 5) is 0. The van der Waals surface area contributed by atoms with Crippen LogP contribution in [0.4, 0.5) is 0 Å². The molecule has 0 saturated carbocycles. The number of nitrogens with one attached hydrogen (secondary N) is 1. The first-order valence-electron chi connectivity index (χ1n) is 0.604. The van der Waals surface area contributed by atoms with Crippen LogP contribution < -0.4 is 0 Å². The first-order chi connectivity index (χ1) is 1.41. The van der Waals surface area contributed by atoms with Crippen LogP contribution in [0.1, 0.15) is 2.85 Å². The molecule has 1 nitrogen and oxygen atoms in total. The molecular formula is C2H5MgN.